The highest BCUT2D eigenvalue weighted by Gasteiger charge is 2.54. The minimum atomic E-state index is -1.97. The molecule has 19 nitrogen and oxygen atoms in total. The highest BCUT2D eigenvalue weighted by atomic mass is 16.8. The van der Waals surface area contributed by atoms with Crippen LogP contribution in [-0.2, 0) is 33.2 Å². The molecular weight excluding hydrogens is 1390 g/mol. The Morgan fingerprint density at radius 3 is 0.882 bits per heavy atom. The van der Waals surface area contributed by atoms with E-state index in [0.29, 0.717) is 12.8 Å². The molecule has 0 bridgehead atoms. The molecule has 0 radical (unpaired) electrons. The third-order valence-electron chi connectivity index (χ3n) is 23.8. The Morgan fingerprint density at radius 1 is 0.318 bits per heavy atom. The summed E-state index contributed by atoms with van der Waals surface area (Å²) in [7, 11) is 0. The molecule has 3 heterocycles. The van der Waals surface area contributed by atoms with Crippen LogP contribution >= 0.6 is 0 Å². The van der Waals surface area contributed by atoms with Crippen molar-refractivity contribution in [3.05, 3.63) is 12.2 Å². The number of aliphatic hydroxyl groups is 11. The molecule has 19 heteroatoms. The molecule has 110 heavy (non-hydrogen) atoms. The van der Waals surface area contributed by atoms with E-state index in [4.69, 9.17) is 28.4 Å². The van der Waals surface area contributed by atoms with Crippen LogP contribution in [0.15, 0.2) is 12.2 Å². The van der Waals surface area contributed by atoms with E-state index >= 15 is 0 Å². The largest absolute Gasteiger partial charge is 0.394 e. The maximum Gasteiger partial charge on any atom is 0.220 e. The van der Waals surface area contributed by atoms with Crippen molar-refractivity contribution in [1.29, 1.82) is 0 Å². The lowest BCUT2D eigenvalue weighted by atomic mass is 9.96. The molecule has 0 aromatic heterocycles. The fourth-order valence-electron chi connectivity index (χ4n) is 16.4. The van der Waals surface area contributed by atoms with E-state index in [1.807, 2.05) is 0 Å². The topological polar surface area (TPSA) is 307 Å². The monoisotopic (exact) mass is 1570 g/mol. The third-order valence-corrected chi connectivity index (χ3v) is 23.8. The van der Waals surface area contributed by atoms with Crippen molar-refractivity contribution in [2.24, 2.45) is 0 Å². The fourth-order valence-corrected chi connectivity index (χ4v) is 16.4. The Hall–Kier alpha value is -1.47. The molecule has 3 fully saturated rings. The predicted octanol–water partition coefficient (Wildman–Crippen LogP) is 18.2. The van der Waals surface area contributed by atoms with Crippen molar-refractivity contribution >= 4 is 5.91 Å². The minimum Gasteiger partial charge on any atom is -0.394 e. The predicted molar refractivity (Wildman–Crippen MR) is 444 cm³/mol. The van der Waals surface area contributed by atoms with E-state index in [9.17, 15) is 61.0 Å². The maximum absolute atomic E-state index is 13.6. The van der Waals surface area contributed by atoms with E-state index in [-0.39, 0.29) is 18.9 Å². The number of unbranched alkanes of at least 4 members (excludes halogenated alkanes) is 60. The minimum absolute atomic E-state index is 0.231. The number of ether oxygens (including phenoxy) is 6. The van der Waals surface area contributed by atoms with E-state index in [1.165, 1.54) is 353 Å². The van der Waals surface area contributed by atoms with Gasteiger partial charge in [0.05, 0.1) is 38.6 Å². The van der Waals surface area contributed by atoms with Crippen molar-refractivity contribution < 1.29 is 89.4 Å². The first-order valence-electron chi connectivity index (χ1n) is 46.9. The lowest BCUT2D eigenvalue weighted by molar-refractivity contribution is -0.379. The number of hydrogen-bond acceptors (Lipinski definition) is 18. The summed E-state index contributed by atoms with van der Waals surface area (Å²) < 4.78 is 34.6. The van der Waals surface area contributed by atoms with Crippen LogP contribution in [-0.4, -0.2) is 193 Å². The summed E-state index contributed by atoms with van der Waals surface area (Å²) in [5.41, 5.74) is 0. The average molecular weight is 1570 g/mol. The second kappa shape index (κ2) is 71.6. The van der Waals surface area contributed by atoms with Gasteiger partial charge in [0, 0.05) is 6.42 Å². The summed E-state index contributed by atoms with van der Waals surface area (Å²) in [5.74, 6) is -0.231. The number of hydrogen-bond donors (Lipinski definition) is 12. The zero-order valence-electron chi connectivity index (χ0n) is 70.5. The van der Waals surface area contributed by atoms with Crippen LogP contribution < -0.4 is 5.32 Å². The molecule has 0 aromatic carbocycles. The third kappa shape index (κ3) is 49.7. The average Bonchev–Trinajstić information content (AvgIpc) is 0.795. The molecule has 3 aliphatic heterocycles. The van der Waals surface area contributed by atoms with Crippen LogP contribution in [0.1, 0.15) is 431 Å². The van der Waals surface area contributed by atoms with Crippen LogP contribution in [0.3, 0.4) is 0 Å². The summed E-state index contributed by atoms with van der Waals surface area (Å²) in [6, 6.07) is -0.886. The van der Waals surface area contributed by atoms with Gasteiger partial charge in [-0.25, -0.2) is 0 Å². The molecule has 3 rings (SSSR count). The number of carbonyl (C=O) groups is 1. The van der Waals surface area contributed by atoms with Gasteiger partial charge < -0.3 is 89.9 Å². The Labute approximate surface area is 671 Å². The summed E-state index contributed by atoms with van der Waals surface area (Å²) >= 11 is 0. The molecule has 3 aliphatic rings. The van der Waals surface area contributed by atoms with Crippen LogP contribution in [0.5, 0.6) is 0 Å². The zero-order chi connectivity index (χ0) is 79.5. The van der Waals surface area contributed by atoms with Gasteiger partial charge in [0.15, 0.2) is 18.9 Å². The SMILES string of the molecule is CCCCCCCCCC/C=C\CCCCCCCCCCCCCCCCCCCCCCCCCC(=O)NC(COC1OC(CO)C(OC2OC(CO)C(OC3OC(CO)C(O)C(O)C3O)C(O)C2O)C(O)C1O)C(O)CCCCCCCCCCCCCCCCCCCCCCCCCCCCCCCC. The van der Waals surface area contributed by atoms with Crippen molar-refractivity contribution in [2.45, 2.75) is 535 Å². The van der Waals surface area contributed by atoms with Crippen LogP contribution in [0, 0.1) is 0 Å². The molecule has 0 aliphatic carbocycles. The molecule has 17 atom stereocenters. The second-order valence-corrected chi connectivity index (χ2v) is 33.8. The van der Waals surface area contributed by atoms with Crippen molar-refractivity contribution in [2.75, 3.05) is 26.4 Å². The Morgan fingerprint density at radius 2 is 0.573 bits per heavy atom. The van der Waals surface area contributed by atoms with Gasteiger partial charge in [-0.05, 0) is 38.5 Å². The molecule has 1 amide bonds. The van der Waals surface area contributed by atoms with E-state index in [2.05, 4.69) is 31.3 Å². The fraction of sp³-hybridized carbons (Fsp3) is 0.967. The highest BCUT2D eigenvalue weighted by molar-refractivity contribution is 5.76. The lowest BCUT2D eigenvalue weighted by Crippen LogP contribution is -2.66. The van der Waals surface area contributed by atoms with Gasteiger partial charge in [-0.15, -0.1) is 0 Å². The number of allylic oxidation sites excluding steroid dienone is 2. The maximum atomic E-state index is 13.6. The standard InChI is InChI=1S/C91H175NO18/c1-3-5-7-9-11-13-15-17-19-21-23-25-27-29-31-33-35-36-37-38-39-41-43-45-47-49-51-53-55-57-59-61-63-65-67-69-79(97)92-74(75(96)68-66-64-62-60-58-56-54-52-50-48-46-44-42-40-34-32-30-28-26-24-22-20-18-16-14-12-10-8-6-4-2)73-105-89-85(103)82(100)87(77(71-94)107-89)110-91-86(104)83(101)88(78(72-95)108-91)109-90-84(102)81(99)80(98)76(70-93)106-90/h21,23,74-78,80-91,93-96,98-104H,3-20,22,24-73H2,1-2H3,(H,92,97)/b23-21-. The zero-order valence-corrected chi connectivity index (χ0v) is 70.5. The van der Waals surface area contributed by atoms with Gasteiger partial charge >= 0.3 is 0 Å². The van der Waals surface area contributed by atoms with Crippen molar-refractivity contribution in [3.8, 4) is 0 Å². The van der Waals surface area contributed by atoms with Gasteiger partial charge in [-0.3, -0.25) is 4.79 Å². The number of aliphatic hydroxyl groups excluding tert-OH is 11. The number of carbonyl (C=O) groups excluding carboxylic acids is 1. The molecule has 3 saturated heterocycles. The quantitative estimate of drug-likeness (QED) is 0.0199. The molecule has 0 spiro atoms. The lowest BCUT2D eigenvalue weighted by Gasteiger charge is -2.48. The van der Waals surface area contributed by atoms with E-state index < -0.39 is 124 Å². The normalized spacial score (nSPS) is 25.1. The first-order chi connectivity index (χ1) is 53.8. The Balaban J connectivity index is 1.30. The molecular formula is C91H175NO18. The van der Waals surface area contributed by atoms with Crippen molar-refractivity contribution in [1.82, 2.24) is 5.32 Å². The smallest absolute Gasteiger partial charge is 0.220 e. The van der Waals surface area contributed by atoms with Gasteiger partial charge in [0.2, 0.25) is 5.91 Å². The van der Waals surface area contributed by atoms with Gasteiger partial charge in [0.25, 0.3) is 0 Å². The molecule has 0 saturated carbocycles. The molecule has 17 unspecified atom stereocenters. The van der Waals surface area contributed by atoms with E-state index in [0.717, 1.165) is 44.9 Å². The van der Waals surface area contributed by atoms with Gasteiger partial charge in [-0.2, -0.15) is 0 Å². The van der Waals surface area contributed by atoms with Gasteiger partial charge in [0.1, 0.15) is 73.2 Å². The molecule has 12 N–H and O–H groups in total. The summed E-state index contributed by atoms with van der Waals surface area (Å²) in [6.07, 6.45) is 61.9. The van der Waals surface area contributed by atoms with Crippen LogP contribution in [0.25, 0.3) is 0 Å². The molecule has 652 valence electrons. The number of rotatable bonds is 78. The van der Waals surface area contributed by atoms with Crippen LogP contribution in [0.2, 0.25) is 0 Å². The highest BCUT2D eigenvalue weighted by Crippen LogP contribution is 2.34. The first-order valence-corrected chi connectivity index (χ1v) is 46.9. The van der Waals surface area contributed by atoms with E-state index in [1.54, 1.807) is 0 Å². The summed E-state index contributed by atoms with van der Waals surface area (Å²) in [6.45, 7) is 1.89. The Bertz CT molecular complexity index is 2030. The number of amides is 1. The first kappa shape index (κ1) is 103. The summed E-state index contributed by atoms with van der Waals surface area (Å²) in [5, 5.41) is 121. The van der Waals surface area contributed by atoms with Crippen LogP contribution in [0.4, 0.5) is 0 Å². The van der Waals surface area contributed by atoms with Crippen molar-refractivity contribution in [3.63, 3.8) is 0 Å². The Kier molecular flexibility index (Phi) is 66.9. The van der Waals surface area contributed by atoms with Gasteiger partial charge in [-0.1, -0.05) is 398 Å². The number of nitrogens with one attached hydrogen (secondary N) is 1. The summed E-state index contributed by atoms with van der Waals surface area (Å²) in [4.78, 5) is 13.6. The second-order valence-electron chi connectivity index (χ2n) is 33.8. The molecule has 0 aromatic rings.